The molecule has 0 saturated heterocycles. The number of hydrogen-bond acceptors (Lipinski definition) is 3. The van der Waals surface area contributed by atoms with Crippen LogP contribution in [0, 0.1) is 6.92 Å². The van der Waals surface area contributed by atoms with Gasteiger partial charge in [0.15, 0.2) is 0 Å². The Hall–Kier alpha value is -1.88. The SMILES string of the molecule is CC(=NCc1ccccc1O[Si](C)C)c1cnn(C)c1C. The fraction of sp³-hybridized carbons (Fsp3) is 0.375. The van der Waals surface area contributed by atoms with Crippen LogP contribution in [-0.2, 0) is 13.6 Å². The molecule has 0 atom stereocenters. The van der Waals surface area contributed by atoms with Crippen LogP contribution >= 0.6 is 0 Å². The van der Waals surface area contributed by atoms with Crippen molar-refractivity contribution in [3.05, 3.63) is 47.3 Å². The molecule has 1 aromatic carbocycles. The molecule has 5 heteroatoms. The highest BCUT2D eigenvalue weighted by Crippen LogP contribution is 2.20. The molecule has 2 aromatic rings. The van der Waals surface area contributed by atoms with Crippen molar-refractivity contribution in [2.75, 3.05) is 0 Å². The first-order chi connectivity index (χ1) is 9.99. The van der Waals surface area contributed by atoms with Crippen molar-refractivity contribution in [1.29, 1.82) is 0 Å². The second-order valence-corrected chi connectivity index (χ2v) is 7.31. The lowest BCUT2D eigenvalue weighted by molar-refractivity contribution is 0.571. The Balaban J connectivity index is 2.19. The number of hydrogen-bond donors (Lipinski definition) is 0. The van der Waals surface area contributed by atoms with Crippen molar-refractivity contribution >= 4 is 14.8 Å². The average molecular weight is 300 g/mol. The molecular formula is C16H22N3OSi. The topological polar surface area (TPSA) is 39.4 Å². The zero-order chi connectivity index (χ0) is 15.4. The molecule has 0 bridgehead atoms. The molecule has 0 fully saturated rings. The summed E-state index contributed by atoms with van der Waals surface area (Å²) in [6, 6.07) is 8.13. The molecule has 0 amide bonds. The summed E-state index contributed by atoms with van der Waals surface area (Å²) in [6.07, 6.45) is 1.87. The summed E-state index contributed by atoms with van der Waals surface area (Å²) in [5.41, 5.74) is 4.37. The summed E-state index contributed by atoms with van der Waals surface area (Å²) >= 11 is 0. The summed E-state index contributed by atoms with van der Waals surface area (Å²) in [4.78, 5) is 4.70. The van der Waals surface area contributed by atoms with E-state index in [2.05, 4.69) is 31.2 Å². The monoisotopic (exact) mass is 300 g/mol. The van der Waals surface area contributed by atoms with Crippen LogP contribution in [0.2, 0.25) is 13.1 Å². The highest BCUT2D eigenvalue weighted by molar-refractivity contribution is 6.49. The Bertz CT molecular complexity index is 647. The van der Waals surface area contributed by atoms with Crippen molar-refractivity contribution in [2.45, 2.75) is 33.5 Å². The van der Waals surface area contributed by atoms with Gasteiger partial charge in [0.05, 0.1) is 12.7 Å². The Morgan fingerprint density at radius 1 is 1.33 bits per heavy atom. The van der Waals surface area contributed by atoms with E-state index in [9.17, 15) is 0 Å². The van der Waals surface area contributed by atoms with Gasteiger partial charge in [-0.05, 0) is 33.0 Å². The van der Waals surface area contributed by atoms with Crippen molar-refractivity contribution in [2.24, 2.45) is 12.0 Å². The van der Waals surface area contributed by atoms with E-state index in [1.807, 2.05) is 43.0 Å². The van der Waals surface area contributed by atoms with E-state index in [4.69, 9.17) is 9.42 Å². The standard InChI is InChI=1S/C16H22N3OSi/c1-12(15-11-18-19(3)13(15)2)17-10-14-8-6-7-9-16(14)20-21(4)5/h6-9,11H,10H2,1-5H3. The molecule has 0 unspecified atom stereocenters. The Morgan fingerprint density at radius 2 is 2.05 bits per heavy atom. The number of aromatic nitrogens is 2. The normalized spacial score (nSPS) is 12.0. The Kier molecular flexibility index (Phi) is 4.96. The smallest absolute Gasteiger partial charge is 0.274 e. The number of benzene rings is 1. The number of aliphatic imine (C=N–C) groups is 1. The number of aryl methyl sites for hydroxylation is 1. The van der Waals surface area contributed by atoms with E-state index in [0.717, 1.165) is 28.3 Å². The van der Waals surface area contributed by atoms with E-state index < -0.39 is 9.04 Å². The van der Waals surface area contributed by atoms with Crippen LogP contribution in [0.3, 0.4) is 0 Å². The maximum absolute atomic E-state index is 5.93. The predicted octanol–water partition coefficient (Wildman–Crippen LogP) is 3.37. The second-order valence-electron chi connectivity index (χ2n) is 5.29. The molecular weight excluding hydrogens is 278 g/mol. The molecule has 0 spiro atoms. The van der Waals surface area contributed by atoms with E-state index in [0.29, 0.717) is 6.54 Å². The average Bonchev–Trinajstić information content (AvgIpc) is 2.77. The van der Waals surface area contributed by atoms with Gasteiger partial charge in [-0.3, -0.25) is 9.67 Å². The minimum atomic E-state index is -0.764. The molecule has 0 saturated carbocycles. The lowest BCUT2D eigenvalue weighted by atomic mass is 10.1. The third kappa shape index (κ3) is 3.82. The summed E-state index contributed by atoms with van der Waals surface area (Å²) in [5, 5.41) is 4.26. The fourth-order valence-electron chi connectivity index (χ4n) is 2.10. The largest absolute Gasteiger partial charge is 0.542 e. The first-order valence-electron chi connectivity index (χ1n) is 7.05. The molecule has 111 valence electrons. The van der Waals surface area contributed by atoms with Crippen LogP contribution < -0.4 is 4.43 Å². The van der Waals surface area contributed by atoms with Gasteiger partial charge >= 0.3 is 0 Å². The molecule has 4 nitrogen and oxygen atoms in total. The van der Waals surface area contributed by atoms with Gasteiger partial charge in [-0.1, -0.05) is 18.2 Å². The zero-order valence-electron chi connectivity index (χ0n) is 13.3. The van der Waals surface area contributed by atoms with Gasteiger partial charge in [0.2, 0.25) is 0 Å². The van der Waals surface area contributed by atoms with Gasteiger partial charge in [0, 0.05) is 29.6 Å². The highest BCUT2D eigenvalue weighted by atomic mass is 28.3. The van der Waals surface area contributed by atoms with Gasteiger partial charge in [-0.25, -0.2) is 0 Å². The van der Waals surface area contributed by atoms with Crippen LogP contribution in [0.25, 0.3) is 0 Å². The molecule has 1 radical (unpaired) electrons. The predicted molar refractivity (Wildman–Crippen MR) is 88.4 cm³/mol. The van der Waals surface area contributed by atoms with Crippen LogP contribution in [0.15, 0.2) is 35.5 Å². The highest BCUT2D eigenvalue weighted by Gasteiger charge is 2.08. The summed E-state index contributed by atoms with van der Waals surface area (Å²) < 4.78 is 7.80. The van der Waals surface area contributed by atoms with Gasteiger partial charge in [0.25, 0.3) is 9.04 Å². The minimum Gasteiger partial charge on any atom is -0.542 e. The lowest BCUT2D eigenvalue weighted by Crippen LogP contribution is -2.12. The van der Waals surface area contributed by atoms with Crippen LogP contribution in [-0.4, -0.2) is 24.5 Å². The molecule has 21 heavy (non-hydrogen) atoms. The molecule has 1 aromatic heterocycles. The number of rotatable bonds is 5. The summed E-state index contributed by atoms with van der Waals surface area (Å²) in [7, 11) is 1.18. The third-order valence-corrected chi connectivity index (χ3v) is 4.03. The Morgan fingerprint density at radius 3 is 2.67 bits per heavy atom. The van der Waals surface area contributed by atoms with E-state index in [1.54, 1.807) is 0 Å². The van der Waals surface area contributed by atoms with E-state index in [-0.39, 0.29) is 0 Å². The Labute approximate surface area is 128 Å². The molecule has 2 rings (SSSR count). The summed E-state index contributed by atoms with van der Waals surface area (Å²) in [5.74, 6) is 0.954. The van der Waals surface area contributed by atoms with Crippen LogP contribution in [0.5, 0.6) is 5.75 Å². The maximum atomic E-state index is 5.93. The third-order valence-electron chi connectivity index (χ3n) is 3.40. The molecule has 0 aliphatic heterocycles. The van der Waals surface area contributed by atoms with E-state index >= 15 is 0 Å². The number of nitrogens with zero attached hydrogens (tertiary/aromatic N) is 3. The fourth-order valence-corrected chi connectivity index (χ4v) is 2.74. The quantitative estimate of drug-likeness (QED) is 0.627. The van der Waals surface area contributed by atoms with Gasteiger partial charge in [-0.2, -0.15) is 5.10 Å². The zero-order valence-corrected chi connectivity index (χ0v) is 14.3. The van der Waals surface area contributed by atoms with E-state index in [1.165, 1.54) is 0 Å². The second kappa shape index (κ2) is 6.71. The molecule has 0 aliphatic carbocycles. The first-order valence-corrected chi connectivity index (χ1v) is 9.45. The van der Waals surface area contributed by atoms with Gasteiger partial charge < -0.3 is 4.43 Å². The minimum absolute atomic E-state index is 0.630. The number of para-hydroxylation sites is 1. The lowest BCUT2D eigenvalue weighted by Gasteiger charge is -2.12. The van der Waals surface area contributed by atoms with Gasteiger partial charge in [-0.15, -0.1) is 0 Å². The molecule has 1 heterocycles. The van der Waals surface area contributed by atoms with Crippen LogP contribution in [0.4, 0.5) is 0 Å². The van der Waals surface area contributed by atoms with Crippen molar-refractivity contribution < 1.29 is 4.43 Å². The van der Waals surface area contributed by atoms with Crippen molar-refractivity contribution in [1.82, 2.24) is 9.78 Å². The summed E-state index contributed by atoms with van der Waals surface area (Å²) in [6.45, 7) is 8.99. The molecule has 0 aliphatic rings. The van der Waals surface area contributed by atoms with Crippen molar-refractivity contribution in [3.63, 3.8) is 0 Å². The van der Waals surface area contributed by atoms with Crippen molar-refractivity contribution in [3.8, 4) is 5.75 Å². The first kappa shape index (κ1) is 15.5. The van der Waals surface area contributed by atoms with Crippen LogP contribution in [0.1, 0.15) is 23.7 Å². The maximum Gasteiger partial charge on any atom is 0.274 e. The van der Waals surface area contributed by atoms with Gasteiger partial charge in [0.1, 0.15) is 5.75 Å². The molecule has 0 N–H and O–H groups in total.